The molecule has 3 rings (SSSR count). The first kappa shape index (κ1) is 13.9. The van der Waals surface area contributed by atoms with E-state index in [1.807, 2.05) is 19.4 Å². The monoisotopic (exact) mass is 282 g/mol. The Hall–Kier alpha value is -2.07. The van der Waals surface area contributed by atoms with Gasteiger partial charge in [0.25, 0.3) is 0 Å². The maximum atomic E-state index is 4.40. The van der Waals surface area contributed by atoms with Gasteiger partial charge >= 0.3 is 0 Å². The molecule has 0 bridgehead atoms. The van der Waals surface area contributed by atoms with Crippen molar-refractivity contribution in [1.82, 2.24) is 19.4 Å². The van der Waals surface area contributed by atoms with Crippen LogP contribution in [0.3, 0.4) is 0 Å². The first-order chi connectivity index (χ1) is 10.3. The van der Waals surface area contributed by atoms with Crippen LogP contribution in [0.2, 0.25) is 0 Å². The second kappa shape index (κ2) is 6.14. The van der Waals surface area contributed by atoms with Crippen molar-refractivity contribution in [3.8, 4) is 0 Å². The Morgan fingerprint density at radius 1 is 1.24 bits per heavy atom. The van der Waals surface area contributed by atoms with Gasteiger partial charge in [0.05, 0.1) is 0 Å². The van der Waals surface area contributed by atoms with Crippen LogP contribution in [0, 0.1) is 0 Å². The molecule has 0 aliphatic carbocycles. The molecule has 2 heterocycles. The van der Waals surface area contributed by atoms with Crippen LogP contribution in [0.25, 0.3) is 10.9 Å². The molecule has 21 heavy (non-hydrogen) atoms. The molecule has 1 aromatic carbocycles. The Bertz CT molecular complexity index is 723. The smallest absolute Gasteiger partial charge is 0.110 e. The molecule has 1 N–H and O–H groups in total. The van der Waals surface area contributed by atoms with Gasteiger partial charge in [-0.05, 0) is 18.2 Å². The normalized spacial score (nSPS) is 11.3. The van der Waals surface area contributed by atoms with Crippen molar-refractivity contribution in [3.05, 3.63) is 54.2 Å². The van der Waals surface area contributed by atoms with E-state index in [-0.39, 0.29) is 0 Å². The molecule has 0 atom stereocenters. The summed E-state index contributed by atoms with van der Waals surface area (Å²) in [5.74, 6) is 1.13. The van der Waals surface area contributed by atoms with Gasteiger partial charge in [-0.15, -0.1) is 0 Å². The average molecular weight is 282 g/mol. The fraction of sp³-hybridized carbons (Fsp3) is 0.353. The van der Waals surface area contributed by atoms with Gasteiger partial charge in [-0.2, -0.15) is 0 Å². The lowest BCUT2D eigenvalue weighted by molar-refractivity contribution is 0.662. The van der Waals surface area contributed by atoms with E-state index in [2.05, 4.69) is 56.8 Å². The average Bonchev–Trinajstić information content (AvgIpc) is 3.07. The molecule has 0 radical (unpaired) electrons. The van der Waals surface area contributed by atoms with Crippen LogP contribution in [-0.4, -0.2) is 20.7 Å². The number of nitrogens with one attached hydrogen (secondary N) is 1. The Morgan fingerprint density at radius 3 is 2.86 bits per heavy atom. The molecule has 0 spiro atoms. The minimum Gasteiger partial charge on any atom is -0.347 e. The maximum Gasteiger partial charge on any atom is 0.110 e. The molecule has 0 aliphatic rings. The summed E-state index contributed by atoms with van der Waals surface area (Å²) < 4.78 is 4.43. The number of imidazole rings is 1. The van der Waals surface area contributed by atoms with E-state index >= 15 is 0 Å². The van der Waals surface area contributed by atoms with Crippen molar-refractivity contribution in [1.29, 1.82) is 0 Å². The van der Waals surface area contributed by atoms with E-state index in [0.29, 0.717) is 0 Å². The van der Waals surface area contributed by atoms with Crippen molar-refractivity contribution in [2.24, 2.45) is 7.05 Å². The van der Waals surface area contributed by atoms with Gasteiger partial charge < -0.3 is 14.5 Å². The van der Waals surface area contributed by atoms with E-state index in [4.69, 9.17) is 0 Å². The Kier molecular flexibility index (Phi) is 4.06. The topological polar surface area (TPSA) is 34.8 Å². The van der Waals surface area contributed by atoms with Gasteiger partial charge in [0.2, 0.25) is 0 Å². The quantitative estimate of drug-likeness (QED) is 0.754. The van der Waals surface area contributed by atoms with Crippen LogP contribution < -0.4 is 5.32 Å². The summed E-state index contributed by atoms with van der Waals surface area (Å²) >= 11 is 0. The van der Waals surface area contributed by atoms with Gasteiger partial charge in [-0.1, -0.05) is 25.1 Å². The van der Waals surface area contributed by atoms with E-state index < -0.39 is 0 Å². The third-order valence-corrected chi connectivity index (χ3v) is 3.93. The van der Waals surface area contributed by atoms with E-state index in [1.165, 1.54) is 16.5 Å². The highest BCUT2D eigenvalue weighted by molar-refractivity contribution is 5.83. The molecule has 110 valence electrons. The van der Waals surface area contributed by atoms with Crippen LogP contribution in [0.5, 0.6) is 0 Å². The lowest BCUT2D eigenvalue weighted by Gasteiger charge is -2.05. The van der Waals surface area contributed by atoms with Gasteiger partial charge in [-0.25, -0.2) is 4.98 Å². The molecule has 4 nitrogen and oxygen atoms in total. The zero-order chi connectivity index (χ0) is 14.7. The molecule has 0 saturated heterocycles. The molecule has 2 aromatic heterocycles. The minimum atomic E-state index is 0.923. The van der Waals surface area contributed by atoms with Crippen LogP contribution >= 0.6 is 0 Å². The number of benzene rings is 1. The van der Waals surface area contributed by atoms with E-state index in [9.17, 15) is 0 Å². The summed E-state index contributed by atoms with van der Waals surface area (Å²) in [6.07, 6.45) is 7.08. The molecule has 0 fully saturated rings. The summed E-state index contributed by atoms with van der Waals surface area (Å²) in [5.41, 5.74) is 2.67. The fourth-order valence-corrected chi connectivity index (χ4v) is 2.77. The fourth-order valence-electron chi connectivity index (χ4n) is 2.77. The van der Waals surface area contributed by atoms with Crippen LogP contribution in [-0.2, 0) is 26.6 Å². The Balaban J connectivity index is 1.86. The third kappa shape index (κ3) is 2.85. The van der Waals surface area contributed by atoms with Crippen molar-refractivity contribution in [3.63, 3.8) is 0 Å². The molecule has 0 aliphatic heterocycles. The molecule has 4 heteroatoms. The number of aryl methyl sites for hydroxylation is 3. The van der Waals surface area contributed by atoms with E-state index in [1.54, 1.807) is 0 Å². The Labute approximate surface area is 125 Å². The maximum absolute atomic E-state index is 4.40. The van der Waals surface area contributed by atoms with Crippen LogP contribution in [0.15, 0.2) is 42.9 Å². The van der Waals surface area contributed by atoms with Crippen molar-refractivity contribution < 1.29 is 0 Å². The SMILES string of the molecule is CCNCc1cn(CCc2nccn2C)c2ccccc12. The number of nitrogens with zero attached hydrogens (tertiary/aromatic N) is 3. The highest BCUT2D eigenvalue weighted by Gasteiger charge is 2.08. The van der Waals surface area contributed by atoms with Crippen molar-refractivity contribution in [2.75, 3.05) is 6.54 Å². The predicted octanol–water partition coefficient (Wildman–Crippen LogP) is 2.73. The third-order valence-electron chi connectivity index (χ3n) is 3.93. The predicted molar refractivity (Wildman–Crippen MR) is 86.2 cm³/mol. The van der Waals surface area contributed by atoms with E-state index in [0.717, 1.165) is 31.9 Å². The van der Waals surface area contributed by atoms with Gasteiger partial charge in [0.1, 0.15) is 5.82 Å². The summed E-state index contributed by atoms with van der Waals surface area (Å²) in [4.78, 5) is 4.40. The highest BCUT2D eigenvalue weighted by atomic mass is 15.0. The zero-order valence-corrected chi connectivity index (χ0v) is 12.7. The summed E-state index contributed by atoms with van der Waals surface area (Å²) in [5, 5.41) is 4.76. The zero-order valence-electron chi connectivity index (χ0n) is 12.7. The Morgan fingerprint density at radius 2 is 2.10 bits per heavy atom. The number of hydrogen-bond donors (Lipinski definition) is 1. The molecule has 0 saturated carbocycles. The second-order valence-electron chi connectivity index (χ2n) is 5.35. The van der Waals surface area contributed by atoms with Gasteiger partial charge in [-0.3, -0.25) is 0 Å². The van der Waals surface area contributed by atoms with Crippen LogP contribution in [0.4, 0.5) is 0 Å². The number of hydrogen-bond acceptors (Lipinski definition) is 2. The van der Waals surface area contributed by atoms with Crippen LogP contribution in [0.1, 0.15) is 18.3 Å². The second-order valence-corrected chi connectivity index (χ2v) is 5.35. The number of para-hydroxylation sites is 1. The number of rotatable bonds is 6. The standard InChI is InChI=1S/C17H22N4/c1-3-18-12-14-13-21(16-7-5-4-6-15(14)16)10-8-17-19-9-11-20(17)2/h4-7,9,11,13,18H,3,8,10,12H2,1-2H3. The summed E-state index contributed by atoms with van der Waals surface area (Å²) in [7, 11) is 2.05. The van der Waals surface area contributed by atoms with Gasteiger partial charge in [0, 0.05) is 56.1 Å². The molecule has 0 unspecified atom stereocenters. The lowest BCUT2D eigenvalue weighted by Crippen LogP contribution is -2.11. The molecular weight excluding hydrogens is 260 g/mol. The number of aromatic nitrogens is 3. The first-order valence-corrected chi connectivity index (χ1v) is 7.53. The summed E-state index contributed by atoms with van der Waals surface area (Å²) in [6.45, 7) is 5.01. The first-order valence-electron chi connectivity index (χ1n) is 7.53. The minimum absolute atomic E-state index is 0.923. The summed E-state index contributed by atoms with van der Waals surface area (Å²) in [6, 6.07) is 8.62. The largest absolute Gasteiger partial charge is 0.347 e. The van der Waals surface area contributed by atoms with Gasteiger partial charge in [0.15, 0.2) is 0 Å². The van der Waals surface area contributed by atoms with Crippen molar-refractivity contribution >= 4 is 10.9 Å². The molecule has 3 aromatic rings. The molecular formula is C17H22N4. The number of fused-ring (bicyclic) bond motifs is 1. The molecule has 0 amide bonds. The van der Waals surface area contributed by atoms with Crippen molar-refractivity contribution in [2.45, 2.75) is 26.4 Å². The highest BCUT2D eigenvalue weighted by Crippen LogP contribution is 2.21. The lowest BCUT2D eigenvalue weighted by atomic mass is 10.2.